The Morgan fingerprint density at radius 1 is 1.20 bits per heavy atom. The largest absolute Gasteiger partial charge is 0.491 e. The van der Waals surface area contributed by atoms with E-state index in [-0.39, 0.29) is 6.61 Å². The van der Waals surface area contributed by atoms with Crippen LogP contribution < -0.4 is 10.1 Å². The first-order valence-electron chi connectivity index (χ1n) is 6.20. The molecular weight excluding hydrogens is 342 g/mol. The normalized spacial score (nSPS) is 11.9. The molecule has 1 atom stereocenters. The Bertz CT molecular complexity index is 551. The highest BCUT2D eigenvalue weighted by molar-refractivity contribution is 9.10. The summed E-state index contributed by atoms with van der Waals surface area (Å²) < 4.78 is 6.34. The van der Waals surface area contributed by atoms with Crippen molar-refractivity contribution in [3.8, 4) is 5.75 Å². The van der Waals surface area contributed by atoms with Gasteiger partial charge in [-0.05, 0) is 46.3 Å². The Kier molecular flexibility index (Phi) is 5.71. The van der Waals surface area contributed by atoms with E-state index in [1.165, 1.54) is 0 Å². The lowest BCUT2D eigenvalue weighted by Gasteiger charge is -2.15. The second kappa shape index (κ2) is 7.53. The van der Waals surface area contributed by atoms with Crippen LogP contribution in [0.3, 0.4) is 0 Å². The van der Waals surface area contributed by atoms with Gasteiger partial charge < -0.3 is 15.2 Å². The van der Waals surface area contributed by atoms with Crippen LogP contribution in [0.25, 0.3) is 0 Å². The van der Waals surface area contributed by atoms with Crippen LogP contribution in [0.15, 0.2) is 53.0 Å². The van der Waals surface area contributed by atoms with Gasteiger partial charge >= 0.3 is 0 Å². The molecule has 3 nitrogen and oxygen atoms in total. The molecule has 0 amide bonds. The lowest BCUT2D eigenvalue weighted by molar-refractivity contribution is 0.117. The smallest absolute Gasteiger partial charge is 0.119 e. The fourth-order valence-electron chi connectivity index (χ4n) is 1.63. The number of hydrogen-bond acceptors (Lipinski definition) is 3. The van der Waals surface area contributed by atoms with Gasteiger partial charge in [0.1, 0.15) is 18.5 Å². The fraction of sp³-hybridized carbons (Fsp3) is 0.200. The molecule has 106 valence electrons. The third-order valence-corrected chi connectivity index (χ3v) is 3.54. The summed E-state index contributed by atoms with van der Waals surface area (Å²) in [6.07, 6.45) is -0.599. The number of aliphatic hydroxyl groups is 1. The van der Waals surface area contributed by atoms with E-state index in [4.69, 9.17) is 16.3 Å². The third-order valence-electron chi connectivity index (χ3n) is 2.64. The Morgan fingerprint density at radius 3 is 2.65 bits per heavy atom. The van der Waals surface area contributed by atoms with Crippen LogP contribution in [0, 0.1) is 0 Å². The molecule has 0 saturated carbocycles. The zero-order valence-electron chi connectivity index (χ0n) is 10.7. The number of halogens is 2. The van der Waals surface area contributed by atoms with E-state index < -0.39 is 6.10 Å². The predicted molar refractivity (Wildman–Crippen MR) is 85.6 cm³/mol. The molecule has 0 heterocycles. The van der Waals surface area contributed by atoms with Crippen LogP contribution >= 0.6 is 27.5 Å². The molecule has 2 aromatic rings. The molecule has 20 heavy (non-hydrogen) atoms. The number of para-hydroxylation sites is 1. The van der Waals surface area contributed by atoms with E-state index in [0.29, 0.717) is 11.6 Å². The number of ether oxygens (including phenoxy) is 1. The SMILES string of the molecule is OC(CNc1ccc(Cl)cc1Br)COc1ccccc1. The van der Waals surface area contributed by atoms with Gasteiger partial charge in [0.2, 0.25) is 0 Å². The van der Waals surface area contributed by atoms with Gasteiger partial charge in [-0.2, -0.15) is 0 Å². The third kappa shape index (κ3) is 4.71. The maximum absolute atomic E-state index is 9.89. The van der Waals surface area contributed by atoms with Gasteiger partial charge in [-0.1, -0.05) is 29.8 Å². The van der Waals surface area contributed by atoms with Gasteiger partial charge in [-0.15, -0.1) is 0 Å². The molecule has 0 fully saturated rings. The second-order valence-corrected chi connectivity index (χ2v) is 5.57. The first-order chi connectivity index (χ1) is 9.65. The van der Waals surface area contributed by atoms with E-state index in [2.05, 4.69) is 21.2 Å². The summed E-state index contributed by atoms with van der Waals surface area (Å²) in [5, 5.41) is 13.7. The monoisotopic (exact) mass is 355 g/mol. The molecule has 0 spiro atoms. The Morgan fingerprint density at radius 2 is 1.95 bits per heavy atom. The van der Waals surface area contributed by atoms with Crippen LogP contribution in [-0.2, 0) is 0 Å². The van der Waals surface area contributed by atoms with Gasteiger partial charge in [0, 0.05) is 21.7 Å². The lowest BCUT2D eigenvalue weighted by Crippen LogP contribution is -2.26. The first kappa shape index (κ1) is 15.2. The highest BCUT2D eigenvalue weighted by atomic mass is 79.9. The standard InChI is InChI=1S/C15H15BrClNO2/c16-14-8-11(17)6-7-15(14)18-9-12(19)10-20-13-4-2-1-3-5-13/h1-8,12,18-19H,9-10H2. The molecule has 0 aliphatic heterocycles. The highest BCUT2D eigenvalue weighted by Gasteiger charge is 2.07. The maximum atomic E-state index is 9.89. The molecule has 0 aromatic heterocycles. The summed E-state index contributed by atoms with van der Waals surface area (Å²) >= 11 is 9.28. The molecule has 5 heteroatoms. The summed E-state index contributed by atoms with van der Waals surface area (Å²) in [6, 6.07) is 14.9. The van der Waals surface area contributed by atoms with Crippen molar-refractivity contribution in [3.63, 3.8) is 0 Å². The number of anilines is 1. The minimum atomic E-state index is -0.599. The van der Waals surface area contributed by atoms with Crippen molar-refractivity contribution >= 4 is 33.2 Å². The molecule has 2 N–H and O–H groups in total. The zero-order valence-corrected chi connectivity index (χ0v) is 13.1. The average molecular weight is 357 g/mol. The molecule has 0 saturated heterocycles. The minimum absolute atomic E-state index is 0.238. The van der Waals surface area contributed by atoms with E-state index in [1.54, 1.807) is 12.1 Å². The highest BCUT2D eigenvalue weighted by Crippen LogP contribution is 2.25. The molecule has 0 radical (unpaired) electrons. The summed E-state index contributed by atoms with van der Waals surface area (Å²) in [4.78, 5) is 0. The topological polar surface area (TPSA) is 41.5 Å². The van der Waals surface area contributed by atoms with Crippen LogP contribution in [0.1, 0.15) is 0 Å². The van der Waals surface area contributed by atoms with Crippen molar-refractivity contribution < 1.29 is 9.84 Å². The van der Waals surface area contributed by atoms with Crippen molar-refractivity contribution in [2.24, 2.45) is 0 Å². The lowest BCUT2D eigenvalue weighted by atomic mass is 10.3. The number of hydrogen-bond donors (Lipinski definition) is 2. The first-order valence-corrected chi connectivity index (χ1v) is 7.37. The Balaban J connectivity index is 1.79. The molecule has 2 aromatic carbocycles. The number of benzene rings is 2. The van der Waals surface area contributed by atoms with E-state index >= 15 is 0 Å². The van der Waals surface area contributed by atoms with Gasteiger partial charge in [0.25, 0.3) is 0 Å². The second-order valence-electron chi connectivity index (χ2n) is 4.28. The van der Waals surface area contributed by atoms with E-state index in [1.807, 2.05) is 36.4 Å². The van der Waals surface area contributed by atoms with Gasteiger partial charge in [-0.25, -0.2) is 0 Å². The quantitative estimate of drug-likeness (QED) is 0.823. The summed E-state index contributed by atoms with van der Waals surface area (Å²) in [6.45, 7) is 0.634. The minimum Gasteiger partial charge on any atom is -0.491 e. The molecule has 1 unspecified atom stereocenters. The summed E-state index contributed by atoms with van der Waals surface area (Å²) in [5.41, 5.74) is 0.883. The zero-order chi connectivity index (χ0) is 14.4. The number of aliphatic hydroxyl groups excluding tert-OH is 1. The number of nitrogens with one attached hydrogen (secondary N) is 1. The van der Waals surface area contributed by atoms with Crippen LogP contribution in [-0.4, -0.2) is 24.4 Å². The molecular formula is C15H15BrClNO2. The van der Waals surface area contributed by atoms with Crippen molar-refractivity contribution in [2.45, 2.75) is 6.10 Å². The Hall–Kier alpha value is -1.23. The van der Waals surface area contributed by atoms with E-state index in [9.17, 15) is 5.11 Å². The van der Waals surface area contributed by atoms with Gasteiger partial charge in [0.05, 0.1) is 0 Å². The summed E-state index contributed by atoms with van der Waals surface area (Å²) in [7, 11) is 0. The molecule has 0 bridgehead atoms. The number of rotatable bonds is 6. The van der Waals surface area contributed by atoms with Crippen LogP contribution in [0.4, 0.5) is 5.69 Å². The van der Waals surface area contributed by atoms with Crippen molar-refractivity contribution in [2.75, 3.05) is 18.5 Å². The van der Waals surface area contributed by atoms with Crippen LogP contribution in [0.5, 0.6) is 5.75 Å². The van der Waals surface area contributed by atoms with Gasteiger partial charge in [-0.3, -0.25) is 0 Å². The van der Waals surface area contributed by atoms with Gasteiger partial charge in [0.15, 0.2) is 0 Å². The van der Waals surface area contributed by atoms with Crippen molar-refractivity contribution in [1.82, 2.24) is 0 Å². The maximum Gasteiger partial charge on any atom is 0.119 e. The van der Waals surface area contributed by atoms with Crippen molar-refractivity contribution in [1.29, 1.82) is 0 Å². The molecule has 2 rings (SSSR count). The Labute approximate surface area is 131 Å². The van der Waals surface area contributed by atoms with Crippen LogP contribution in [0.2, 0.25) is 5.02 Å². The molecule has 0 aliphatic carbocycles. The predicted octanol–water partition coefficient (Wildman–Crippen LogP) is 3.95. The van der Waals surface area contributed by atoms with E-state index in [0.717, 1.165) is 15.9 Å². The average Bonchev–Trinajstić information content (AvgIpc) is 2.45. The van der Waals surface area contributed by atoms with Crippen molar-refractivity contribution in [3.05, 3.63) is 58.0 Å². The summed E-state index contributed by atoms with van der Waals surface area (Å²) in [5.74, 6) is 0.749. The fourth-order valence-corrected chi connectivity index (χ4v) is 2.45. The molecule has 0 aliphatic rings.